The summed E-state index contributed by atoms with van der Waals surface area (Å²) in [5.41, 5.74) is 2.87. The lowest BCUT2D eigenvalue weighted by Gasteiger charge is -2.02. The zero-order chi connectivity index (χ0) is 13.7. The van der Waals surface area contributed by atoms with E-state index in [0.717, 1.165) is 5.56 Å². The Kier molecular flexibility index (Phi) is 4.37. The first-order chi connectivity index (χ1) is 9.13. The molecule has 0 atom stereocenters. The number of carbonyl (C=O) groups is 1. The van der Waals surface area contributed by atoms with Crippen LogP contribution >= 0.6 is 11.6 Å². The van der Waals surface area contributed by atoms with Crippen molar-refractivity contribution in [3.8, 4) is 0 Å². The Morgan fingerprint density at radius 3 is 2.58 bits per heavy atom. The molecule has 2 aromatic carbocycles. The Morgan fingerprint density at radius 1 is 1.16 bits per heavy atom. The van der Waals surface area contributed by atoms with Gasteiger partial charge in [0.15, 0.2) is 0 Å². The van der Waals surface area contributed by atoms with Gasteiger partial charge in [0.1, 0.15) is 0 Å². The monoisotopic (exact) mass is 271 g/mol. The van der Waals surface area contributed by atoms with E-state index in [2.05, 4.69) is 5.32 Å². The molecule has 0 aromatic heterocycles. The largest absolute Gasteiger partial charge is 0.322 e. The number of nitrogens with one attached hydrogen (secondary N) is 1. The van der Waals surface area contributed by atoms with E-state index < -0.39 is 0 Å². The van der Waals surface area contributed by atoms with Crippen LogP contribution in [0.2, 0.25) is 5.02 Å². The summed E-state index contributed by atoms with van der Waals surface area (Å²) >= 11 is 5.85. The zero-order valence-electron chi connectivity index (χ0n) is 10.6. The molecule has 0 bridgehead atoms. The van der Waals surface area contributed by atoms with Crippen molar-refractivity contribution in [2.75, 3.05) is 5.32 Å². The van der Waals surface area contributed by atoms with Gasteiger partial charge < -0.3 is 5.32 Å². The molecule has 0 spiro atoms. The highest BCUT2D eigenvalue weighted by atomic mass is 35.5. The van der Waals surface area contributed by atoms with Crippen molar-refractivity contribution in [1.82, 2.24) is 0 Å². The van der Waals surface area contributed by atoms with E-state index in [4.69, 9.17) is 11.6 Å². The topological polar surface area (TPSA) is 29.1 Å². The lowest BCUT2D eigenvalue weighted by atomic mass is 10.1. The summed E-state index contributed by atoms with van der Waals surface area (Å²) in [4.78, 5) is 11.7. The first kappa shape index (κ1) is 13.4. The van der Waals surface area contributed by atoms with Gasteiger partial charge in [0, 0.05) is 16.8 Å². The summed E-state index contributed by atoms with van der Waals surface area (Å²) < 4.78 is 0. The molecule has 0 aliphatic rings. The summed E-state index contributed by atoms with van der Waals surface area (Å²) in [5.74, 6) is -0.178. The maximum absolute atomic E-state index is 11.7. The van der Waals surface area contributed by atoms with Crippen LogP contribution in [0.1, 0.15) is 11.1 Å². The van der Waals surface area contributed by atoms with Crippen LogP contribution in [0.15, 0.2) is 54.6 Å². The van der Waals surface area contributed by atoms with Gasteiger partial charge in [-0.3, -0.25) is 4.79 Å². The van der Waals surface area contributed by atoms with E-state index in [1.165, 1.54) is 11.6 Å². The summed E-state index contributed by atoms with van der Waals surface area (Å²) in [5, 5.41) is 3.35. The molecule has 0 unspecified atom stereocenters. The molecule has 96 valence electrons. The Bertz CT molecular complexity index is 602. The molecule has 0 saturated heterocycles. The number of aryl methyl sites for hydroxylation is 1. The minimum Gasteiger partial charge on any atom is -0.322 e. The normalized spacial score (nSPS) is 10.6. The second kappa shape index (κ2) is 6.21. The zero-order valence-corrected chi connectivity index (χ0v) is 11.3. The van der Waals surface area contributed by atoms with Crippen molar-refractivity contribution >= 4 is 29.3 Å². The Balaban J connectivity index is 1.99. The molecule has 1 amide bonds. The summed E-state index contributed by atoms with van der Waals surface area (Å²) in [7, 11) is 0. The second-order valence-electron chi connectivity index (χ2n) is 4.24. The van der Waals surface area contributed by atoms with Crippen molar-refractivity contribution in [1.29, 1.82) is 0 Å². The summed E-state index contributed by atoms with van der Waals surface area (Å²) in [6, 6.07) is 15.0. The van der Waals surface area contributed by atoms with E-state index in [9.17, 15) is 4.79 Å². The number of hydrogen-bond acceptors (Lipinski definition) is 1. The van der Waals surface area contributed by atoms with Gasteiger partial charge >= 0.3 is 0 Å². The molecule has 2 rings (SSSR count). The van der Waals surface area contributed by atoms with Crippen LogP contribution in [0.25, 0.3) is 6.08 Å². The molecule has 19 heavy (non-hydrogen) atoms. The quantitative estimate of drug-likeness (QED) is 0.829. The third kappa shape index (κ3) is 4.27. The molecule has 3 heteroatoms. The van der Waals surface area contributed by atoms with Crippen LogP contribution in [-0.4, -0.2) is 5.91 Å². The smallest absolute Gasteiger partial charge is 0.248 e. The first-order valence-corrected chi connectivity index (χ1v) is 6.32. The molecule has 2 aromatic rings. The average molecular weight is 272 g/mol. The van der Waals surface area contributed by atoms with Crippen molar-refractivity contribution in [3.63, 3.8) is 0 Å². The van der Waals surface area contributed by atoms with Crippen molar-refractivity contribution in [3.05, 3.63) is 70.8 Å². The van der Waals surface area contributed by atoms with Gasteiger partial charge in [0.2, 0.25) is 5.91 Å². The van der Waals surface area contributed by atoms with E-state index in [0.29, 0.717) is 10.7 Å². The van der Waals surface area contributed by atoms with Gasteiger partial charge in [-0.05, 0) is 36.8 Å². The van der Waals surface area contributed by atoms with E-state index in [1.54, 1.807) is 30.3 Å². The predicted octanol–water partition coefficient (Wildman–Crippen LogP) is 4.30. The minimum absolute atomic E-state index is 0.178. The van der Waals surface area contributed by atoms with Crippen LogP contribution < -0.4 is 5.32 Å². The van der Waals surface area contributed by atoms with Crippen LogP contribution in [0.5, 0.6) is 0 Å². The highest BCUT2D eigenvalue weighted by Gasteiger charge is 1.98. The SMILES string of the molecule is Cc1ccc(C=CC(=O)Nc2cccc(Cl)c2)cc1. The molecule has 0 aliphatic heterocycles. The van der Waals surface area contributed by atoms with Crippen LogP contribution in [-0.2, 0) is 4.79 Å². The number of anilines is 1. The van der Waals surface area contributed by atoms with Gasteiger partial charge in [-0.2, -0.15) is 0 Å². The van der Waals surface area contributed by atoms with E-state index in [1.807, 2.05) is 31.2 Å². The lowest BCUT2D eigenvalue weighted by Crippen LogP contribution is -2.07. The Labute approximate surface area is 117 Å². The standard InChI is InChI=1S/C16H14ClNO/c1-12-5-7-13(8-6-12)9-10-16(19)18-15-4-2-3-14(17)11-15/h2-11H,1H3,(H,18,19). The summed E-state index contributed by atoms with van der Waals surface area (Å²) in [6.07, 6.45) is 3.28. The molecular weight excluding hydrogens is 258 g/mol. The molecule has 0 radical (unpaired) electrons. The van der Waals surface area contributed by atoms with Crippen LogP contribution in [0.3, 0.4) is 0 Å². The van der Waals surface area contributed by atoms with Crippen molar-refractivity contribution in [2.24, 2.45) is 0 Å². The molecule has 2 nitrogen and oxygen atoms in total. The number of rotatable bonds is 3. The van der Waals surface area contributed by atoms with Crippen LogP contribution in [0.4, 0.5) is 5.69 Å². The predicted molar refractivity (Wildman–Crippen MR) is 80.3 cm³/mol. The second-order valence-corrected chi connectivity index (χ2v) is 4.68. The maximum Gasteiger partial charge on any atom is 0.248 e. The van der Waals surface area contributed by atoms with Gasteiger partial charge in [0.05, 0.1) is 0 Å². The van der Waals surface area contributed by atoms with Crippen molar-refractivity contribution in [2.45, 2.75) is 6.92 Å². The van der Waals surface area contributed by atoms with Gasteiger partial charge in [0.25, 0.3) is 0 Å². The Hall–Kier alpha value is -2.06. The third-order valence-electron chi connectivity index (χ3n) is 2.60. The molecule has 0 fully saturated rings. The molecule has 0 aliphatic carbocycles. The fraction of sp³-hybridized carbons (Fsp3) is 0.0625. The molecule has 0 heterocycles. The fourth-order valence-corrected chi connectivity index (χ4v) is 1.79. The van der Waals surface area contributed by atoms with Gasteiger partial charge in [-0.25, -0.2) is 0 Å². The van der Waals surface area contributed by atoms with Gasteiger partial charge in [-0.15, -0.1) is 0 Å². The number of benzene rings is 2. The fourth-order valence-electron chi connectivity index (χ4n) is 1.60. The maximum atomic E-state index is 11.7. The highest BCUT2D eigenvalue weighted by molar-refractivity contribution is 6.30. The lowest BCUT2D eigenvalue weighted by molar-refractivity contribution is -0.111. The number of hydrogen-bond donors (Lipinski definition) is 1. The molecule has 0 saturated carbocycles. The van der Waals surface area contributed by atoms with Crippen molar-refractivity contribution < 1.29 is 4.79 Å². The number of amides is 1. The number of halogens is 1. The molecular formula is C16H14ClNO. The summed E-state index contributed by atoms with van der Waals surface area (Å²) in [6.45, 7) is 2.03. The number of carbonyl (C=O) groups excluding carboxylic acids is 1. The highest BCUT2D eigenvalue weighted by Crippen LogP contribution is 2.15. The molecule has 1 N–H and O–H groups in total. The minimum atomic E-state index is -0.178. The average Bonchev–Trinajstić information content (AvgIpc) is 2.38. The third-order valence-corrected chi connectivity index (χ3v) is 2.83. The van der Waals surface area contributed by atoms with Gasteiger partial charge in [-0.1, -0.05) is 47.5 Å². The van der Waals surface area contributed by atoms with Crippen LogP contribution in [0, 0.1) is 6.92 Å². The first-order valence-electron chi connectivity index (χ1n) is 5.95. The Morgan fingerprint density at radius 2 is 1.89 bits per heavy atom. The van der Waals surface area contributed by atoms with E-state index >= 15 is 0 Å². The van der Waals surface area contributed by atoms with E-state index in [-0.39, 0.29) is 5.91 Å².